The molecule has 0 radical (unpaired) electrons. The van der Waals surface area contributed by atoms with Crippen LogP contribution in [0.1, 0.15) is 0 Å². The van der Waals surface area contributed by atoms with Crippen LogP contribution in [0.2, 0.25) is 5.02 Å². The molecule has 0 bridgehead atoms. The van der Waals surface area contributed by atoms with Gasteiger partial charge in [-0.3, -0.25) is 4.72 Å². The van der Waals surface area contributed by atoms with Crippen molar-refractivity contribution in [1.29, 1.82) is 0 Å². The fraction of sp³-hybridized carbons (Fsp3) is 0. The lowest BCUT2D eigenvalue weighted by Crippen LogP contribution is -2.13. The topological polar surface area (TPSA) is 46.2 Å². The van der Waals surface area contributed by atoms with Crippen molar-refractivity contribution in [3.63, 3.8) is 0 Å². The fourth-order valence-electron chi connectivity index (χ4n) is 1.41. The van der Waals surface area contributed by atoms with Crippen molar-refractivity contribution in [1.82, 2.24) is 0 Å². The number of anilines is 1. The zero-order valence-electron chi connectivity index (χ0n) is 9.40. The van der Waals surface area contributed by atoms with Crippen LogP contribution in [0.4, 0.5) is 5.69 Å². The van der Waals surface area contributed by atoms with Gasteiger partial charge in [-0.2, -0.15) is 0 Å². The Morgan fingerprint density at radius 1 is 1.16 bits per heavy atom. The van der Waals surface area contributed by atoms with E-state index in [2.05, 4.69) is 20.7 Å². The fourth-order valence-corrected chi connectivity index (χ4v) is 4.28. The highest BCUT2D eigenvalue weighted by Crippen LogP contribution is 2.25. The first-order valence-electron chi connectivity index (χ1n) is 5.12. The van der Waals surface area contributed by atoms with E-state index in [-0.39, 0.29) is 4.90 Å². The minimum atomic E-state index is -3.60. The first-order chi connectivity index (χ1) is 8.88. The summed E-state index contributed by atoms with van der Waals surface area (Å²) < 4.78 is 28.4. The van der Waals surface area contributed by atoms with Gasteiger partial charge in [-0.25, -0.2) is 8.42 Å². The second kappa shape index (κ2) is 5.99. The Bertz CT molecular complexity index is 721. The molecule has 0 aliphatic carbocycles. The third-order valence-electron chi connectivity index (χ3n) is 2.28. The molecule has 19 heavy (non-hydrogen) atoms. The van der Waals surface area contributed by atoms with E-state index in [0.29, 0.717) is 15.2 Å². The van der Waals surface area contributed by atoms with Crippen molar-refractivity contribution in [3.05, 3.63) is 55.5 Å². The summed E-state index contributed by atoms with van der Waals surface area (Å²) in [7, 11) is -3.60. The van der Waals surface area contributed by atoms with Crippen LogP contribution in [0.15, 0.2) is 51.8 Å². The standard InChI is InChI=1S/C12H8BrClINO2S/c13-8-2-1-3-10(6-8)19(17,18)16-12-5-4-9(14)7-11(12)15/h1-7,16H. The van der Waals surface area contributed by atoms with E-state index in [9.17, 15) is 8.42 Å². The molecule has 7 heteroatoms. The van der Waals surface area contributed by atoms with Gasteiger partial charge < -0.3 is 0 Å². The van der Waals surface area contributed by atoms with Crippen molar-refractivity contribution in [2.75, 3.05) is 4.72 Å². The minimum absolute atomic E-state index is 0.202. The van der Waals surface area contributed by atoms with Gasteiger partial charge in [-0.15, -0.1) is 0 Å². The summed E-state index contributed by atoms with van der Waals surface area (Å²) in [5, 5.41) is 0.565. The Kier molecular flexibility index (Phi) is 4.75. The van der Waals surface area contributed by atoms with Gasteiger partial charge in [0.1, 0.15) is 0 Å². The predicted octanol–water partition coefficient (Wildman–Crippen LogP) is 4.51. The number of hydrogen-bond acceptors (Lipinski definition) is 2. The SMILES string of the molecule is O=S(=O)(Nc1ccc(Cl)cc1I)c1cccc(Br)c1. The van der Waals surface area contributed by atoms with Gasteiger partial charge in [0.2, 0.25) is 0 Å². The molecule has 0 unspecified atom stereocenters. The van der Waals surface area contributed by atoms with E-state index in [1.807, 2.05) is 22.6 Å². The average molecular weight is 473 g/mol. The first-order valence-corrected chi connectivity index (χ1v) is 8.85. The van der Waals surface area contributed by atoms with Crippen molar-refractivity contribution in [3.8, 4) is 0 Å². The van der Waals surface area contributed by atoms with E-state index in [0.717, 1.165) is 3.57 Å². The molecule has 2 aromatic rings. The largest absolute Gasteiger partial charge is 0.279 e. The van der Waals surface area contributed by atoms with Crippen LogP contribution in [-0.4, -0.2) is 8.42 Å². The molecule has 0 aromatic heterocycles. The summed E-state index contributed by atoms with van der Waals surface area (Å²) in [5.41, 5.74) is 0.505. The first kappa shape index (κ1) is 15.1. The lowest BCUT2D eigenvalue weighted by molar-refractivity contribution is 0.601. The molecule has 2 rings (SSSR count). The quantitative estimate of drug-likeness (QED) is 0.669. The van der Waals surface area contributed by atoms with Gasteiger partial charge in [0.25, 0.3) is 10.0 Å². The highest BCUT2D eigenvalue weighted by molar-refractivity contribution is 14.1. The van der Waals surface area contributed by atoms with Crippen LogP contribution in [0.25, 0.3) is 0 Å². The van der Waals surface area contributed by atoms with Gasteiger partial charge in [0.15, 0.2) is 0 Å². The van der Waals surface area contributed by atoms with Gasteiger partial charge in [0, 0.05) is 13.1 Å². The zero-order chi connectivity index (χ0) is 14.0. The third-order valence-corrected chi connectivity index (χ3v) is 5.27. The van der Waals surface area contributed by atoms with E-state index in [4.69, 9.17) is 11.6 Å². The summed E-state index contributed by atoms with van der Waals surface area (Å²) in [4.78, 5) is 0.202. The van der Waals surface area contributed by atoms with E-state index in [1.165, 1.54) is 6.07 Å². The molecule has 0 spiro atoms. The van der Waals surface area contributed by atoms with Gasteiger partial charge in [-0.1, -0.05) is 33.6 Å². The summed E-state index contributed by atoms with van der Waals surface area (Å²) in [6, 6.07) is 11.5. The molecular formula is C12H8BrClINO2S. The molecule has 0 saturated heterocycles. The average Bonchev–Trinajstić information content (AvgIpc) is 2.33. The predicted molar refractivity (Wildman–Crippen MR) is 89.1 cm³/mol. The number of benzene rings is 2. The molecule has 0 aliphatic heterocycles. The van der Waals surface area contributed by atoms with Crippen LogP contribution in [0.3, 0.4) is 0 Å². The number of hydrogen-bond donors (Lipinski definition) is 1. The number of rotatable bonds is 3. The molecule has 3 nitrogen and oxygen atoms in total. The van der Waals surface area contributed by atoms with Crippen LogP contribution < -0.4 is 4.72 Å². The Balaban J connectivity index is 2.36. The molecule has 100 valence electrons. The van der Waals surface area contributed by atoms with Gasteiger partial charge in [0.05, 0.1) is 10.6 Å². The van der Waals surface area contributed by atoms with Crippen molar-refractivity contribution >= 4 is 65.8 Å². The van der Waals surface area contributed by atoms with Gasteiger partial charge >= 0.3 is 0 Å². The van der Waals surface area contributed by atoms with E-state index in [1.54, 1.807) is 36.4 Å². The lowest BCUT2D eigenvalue weighted by Gasteiger charge is -2.10. The molecule has 0 fully saturated rings. The van der Waals surface area contributed by atoms with Crippen LogP contribution in [0.5, 0.6) is 0 Å². The molecule has 0 amide bonds. The summed E-state index contributed by atoms with van der Waals surface area (Å²) in [5.74, 6) is 0. The van der Waals surface area contributed by atoms with Crippen LogP contribution in [0, 0.1) is 3.57 Å². The third kappa shape index (κ3) is 3.84. The smallest absolute Gasteiger partial charge is 0.261 e. The second-order valence-corrected chi connectivity index (χ2v) is 7.88. The van der Waals surface area contributed by atoms with Crippen molar-refractivity contribution in [2.45, 2.75) is 4.90 Å². The molecule has 0 aliphatic rings. The molecule has 0 saturated carbocycles. The van der Waals surface area contributed by atoms with E-state index >= 15 is 0 Å². The molecule has 0 heterocycles. The monoisotopic (exact) mass is 471 g/mol. The maximum Gasteiger partial charge on any atom is 0.261 e. The zero-order valence-corrected chi connectivity index (χ0v) is 14.7. The summed E-state index contributed by atoms with van der Waals surface area (Å²) in [6.07, 6.45) is 0. The Labute approximate surface area is 138 Å². The Hall–Kier alpha value is -0.310. The number of nitrogens with one attached hydrogen (secondary N) is 1. The van der Waals surface area contributed by atoms with E-state index < -0.39 is 10.0 Å². The normalized spacial score (nSPS) is 11.3. The molecule has 2 aromatic carbocycles. The van der Waals surface area contributed by atoms with Crippen molar-refractivity contribution in [2.24, 2.45) is 0 Å². The Morgan fingerprint density at radius 3 is 2.53 bits per heavy atom. The highest BCUT2D eigenvalue weighted by atomic mass is 127. The van der Waals surface area contributed by atoms with Crippen LogP contribution in [-0.2, 0) is 10.0 Å². The lowest BCUT2D eigenvalue weighted by atomic mass is 10.3. The van der Waals surface area contributed by atoms with Crippen molar-refractivity contribution < 1.29 is 8.42 Å². The maximum absolute atomic E-state index is 12.2. The second-order valence-electron chi connectivity index (χ2n) is 3.69. The minimum Gasteiger partial charge on any atom is -0.279 e. The highest BCUT2D eigenvalue weighted by Gasteiger charge is 2.15. The molecule has 0 atom stereocenters. The Morgan fingerprint density at radius 2 is 1.89 bits per heavy atom. The van der Waals surface area contributed by atoms with Crippen LogP contribution >= 0.6 is 50.1 Å². The number of halogens is 3. The number of sulfonamides is 1. The maximum atomic E-state index is 12.2. The molecular weight excluding hydrogens is 464 g/mol. The summed E-state index contributed by atoms with van der Waals surface area (Å²) in [6.45, 7) is 0. The van der Waals surface area contributed by atoms with Gasteiger partial charge in [-0.05, 0) is 59.0 Å². The molecule has 1 N–H and O–H groups in total. The summed E-state index contributed by atoms with van der Waals surface area (Å²) >= 11 is 11.1.